The largest absolute Gasteiger partial charge is 0.487 e. The molecular weight excluding hydrogens is 536 g/mol. The van der Waals surface area contributed by atoms with Crippen LogP contribution in [0.2, 0.25) is 0 Å². The van der Waals surface area contributed by atoms with Crippen LogP contribution in [-0.4, -0.2) is 23.0 Å². The molecule has 2 saturated carbocycles. The fraction of sp³-hybridized carbons (Fsp3) is 0.320. The Bertz CT molecular complexity index is 1120. The maximum atomic E-state index is 13.1. The molecule has 4 aliphatic carbocycles. The third kappa shape index (κ3) is 3.20. The molecule has 7 rings (SSSR count). The van der Waals surface area contributed by atoms with Crippen molar-refractivity contribution in [3.05, 3.63) is 74.7 Å². The third-order valence-corrected chi connectivity index (χ3v) is 8.39. The summed E-state index contributed by atoms with van der Waals surface area (Å²) in [6.07, 6.45) is 7.06. The van der Waals surface area contributed by atoms with Crippen molar-refractivity contribution < 1.29 is 14.3 Å². The summed E-state index contributed by atoms with van der Waals surface area (Å²) in [6, 6.07) is 13.7. The second-order valence-corrected chi connectivity index (χ2v) is 10.7. The highest BCUT2D eigenvalue weighted by Gasteiger charge is 2.67. The highest BCUT2D eigenvalue weighted by atomic mass is 79.9. The van der Waals surface area contributed by atoms with Crippen molar-refractivity contribution in [1.82, 2.24) is 5.01 Å². The molecule has 1 saturated heterocycles. The van der Waals surface area contributed by atoms with Gasteiger partial charge in [0.15, 0.2) is 0 Å². The summed E-state index contributed by atoms with van der Waals surface area (Å²) in [5, 5.41) is 5.43. The fourth-order valence-electron chi connectivity index (χ4n) is 5.70. The van der Waals surface area contributed by atoms with E-state index < -0.39 is 0 Å². The summed E-state index contributed by atoms with van der Waals surface area (Å²) in [4.78, 5) is 26.1. The second kappa shape index (κ2) is 7.66. The smallest absolute Gasteiger partial charge is 0.254 e. The molecule has 0 aromatic heterocycles. The summed E-state index contributed by atoms with van der Waals surface area (Å²) in [5.74, 6) is 1.50. The predicted octanol–water partition coefficient (Wildman–Crippen LogP) is 5.18. The molecule has 5 aliphatic rings. The molecule has 162 valence electrons. The van der Waals surface area contributed by atoms with Gasteiger partial charge >= 0.3 is 0 Å². The maximum Gasteiger partial charge on any atom is 0.254 e. The van der Waals surface area contributed by atoms with Gasteiger partial charge in [0.25, 0.3) is 11.8 Å². The molecule has 0 radical (unpaired) electrons. The van der Waals surface area contributed by atoms with E-state index in [0.717, 1.165) is 31.5 Å². The summed E-state index contributed by atoms with van der Waals surface area (Å²) in [7, 11) is 0. The maximum absolute atomic E-state index is 13.1. The van der Waals surface area contributed by atoms with Gasteiger partial charge in [0, 0.05) is 0 Å². The minimum absolute atomic E-state index is 0.151. The number of ether oxygens (including phenoxy) is 1. The molecule has 0 spiro atoms. The zero-order chi connectivity index (χ0) is 22.0. The molecule has 0 N–H and O–H groups in total. The zero-order valence-corrected chi connectivity index (χ0v) is 20.2. The van der Waals surface area contributed by atoms with Crippen LogP contribution in [0, 0.1) is 35.5 Å². The monoisotopic (exact) mass is 554 g/mol. The van der Waals surface area contributed by atoms with Crippen molar-refractivity contribution >= 4 is 49.9 Å². The first-order chi connectivity index (χ1) is 15.5. The number of hydrazone groups is 1. The Morgan fingerprint density at radius 3 is 2.16 bits per heavy atom. The van der Waals surface area contributed by atoms with E-state index in [1.807, 2.05) is 42.5 Å². The van der Waals surface area contributed by atoms with Crippen LogP contribution in [-0.2, 0) is 16.2 Å². The normalized spacial score (nSPS) is 31.9. The average Bonchev–Trinajstić information content (AvgIpc) is 3.57. The number of rotatable bonds is 5. The number of hydrogen-bond acceptors (Lipinski definition) is 4. The Kier molecular flexibility index (Phi) is 4.88. The molecule has 5 nitrogen and oxygen atoms in total. The van der Waals surface area contributed by atoms with E-state index in [2.05, 4.69) is 49.1 Å². The molecule has 2 aromatic carbocycles. The fourth-order valence-corrected chi connectivity index (χ4v) is 7.15. The van der Waals surface area contributed by atoms with Crippen LogP contribution in [0.25, 0.3) is 0 Å². The van der Waals surface area contributed by atoms with Gasteiger partial charge in [-0.1, -0.05) is 42.5 Å². The number of hydrogen-bond donors (Lipinski definition) is 0. The quantitative estimate of drug-likeness (QED) is 0.290. The molecule has 1 aliphatic heterocycles. The SMILES string of the molecule is O=C1[C@@H]2[C@H]3C=C[C@@H]([C@@H]4C[C@@H]34)[C@@H]2C(=O)N1/N=C\c1cc(Br)c(OCc2ccccc2)c(Br)c1. The highest BCUT2D eigenvalue weighted by molar-refractivity contribution is 9.11. The molecule has 3 fully saturated rings. The minimum Gasteiger partial charge on any atom is -0.487 e. The number of halogens is 2. The molecular formula is C25H20Br2N2O3. The van der Waals surface area contributed by atoms with Crippen LogP contribution in [0.3, 0.4) is 0 Å². The molecule has 2 aromatic rings. The van der Waals surface area contributed by atoms with Crippen molar-refractivity contribution in [3.8, 4) is 5.75 Å². The number of amides is 2. The number of benzene rings is 2. The van der Waals surface area contributed by atoms with Gasteiger partial charge in [-0.15, -0.1) is 0 Å². The van der Waals surface area contributed by atoms with Crippen LogP contribution in [0.15, 0.2) is 68.7 Å². The zero-order valence-electron chi connectivity index (χ0n) is 17.0. The van der Waals surface area contributed by atoms with Crippen molar-refractivity contribution in [2.24, 2.45) is 40.6 Å². The van der Waals surface area contributed by atoms with E-state index in [-0.39, 0.29) is 35.5 Å². The lowest BCUT2D eigenvalue weighted by Crippen LogP contribution is -2.40. The lowest BCUT2D eigenvalue weighted by Gasteiger charge is -2.37. The first kappa shape index (κ1) is 20.4. The molecule has 7 heteroatoms. The number of carbonyl (C=O) groups excluding carboxylic acids is 2. The number of nitrogens with zero attached hydrogens (tertiary/aromatic N) is 2. The Hall–Kier alpha value is -2.25. The molecule has 2 bridgehead atoms. The lowest BCUT2D eigenvalue weighted by molar-refractivity contribution is -0.140. The summed E-state index contributed by atoms with van der Waals surface area (Å²) in [5.41, 5.74) is 1.83. The average molecular weight is 556 g/mol. The van der Waals surface area contributed by atoms with Gasteiger partial charge in [-0.3, -0.25) is 9.59 Å². The Labute approximate surface area is 202 Å². The number of imide groups is 1. The second-order valence-electron chi connectivity index (χ2n) is 8.98. The van der Waals surface area contributed by atoms with Crippen molar-refractivity contribution in [3.63, 3.8) is 0 Å². The van der Waals surface area contributed by atoms with Gasteiger partial charge in [-0.25, -0.2) is 0 Å². The number of carbonyl (C=O) groups is 2. The van der Waals surface area contributed by atoms with Gasteiger partial charge in [0.05, 0.1) is 27.0 Å². The Balaban J connectivity index is 1.19. The topological polar surface area (TPSA) is 59.0 Å². The van der Waals surface area contributed by atoms with Crippen molar-refractivity contribution in [2.75, 3.05) is 0 Å². The lowest BCUT2D eigenvalue weighted by atomic mass is 9.63. The van der Waals surface area contributed by atoms with Gasteiger partial charge in [0.1, 0.15) is 12.4 Å². The summed E-state index contributed by atoms with van der Waals surface area (Å²) in [6.45, 7) is 0.448. The van der Waals surface area contributed by atoms with E-state index in [4.69, 9.17) is 4.74 Å². The van der Waals surface area contributed by atoms with E-state index >= 15 is 0 Å². The summed E-state index contributed by atoms with van der Waals surface area (Å²) >= 11 is 7.12. The third-order valence-electron chi connectivity index (χ3n) is 7.21. The van der Waals surface area contributed by atoms with Crippen molar-refractivity contribution in [1.29, 1.82) is 0 Å². The molecule has 1 heterocycles. The Morgan fingerprint density at radius 2 is 1.56 bits per heavy atom. The van der Waals surface area contributed by atoms with Crippen LogP contribution >= 0.6 is 31.9 Å². The van der Waals surface area contributed by atoms with E-state index in [0.29, 0.717) is 24.2 Å². The number of allylic oxidation sites excluding steroid dienone is 2. The molecule has 0 unspecified atom stereocenters. The van der Waals surface area contributed by atoms with Crippen molar-refractivity contribution in [2.45, 2.75) is 13.0 Å². The van der Waals surface area contributed by atoms with Crippen LogP contribution in [0.4, 0.5) is 0 Å². The standard InChI is InChI=1S/C25H20Br2N2O3/c26-19-8-14(9-20(27)23(19)32-12-13-4-2-1-3-5-13)11-28-29-24(30)21-15-6-7-16(18-10-17(15)18)22(21)25(29)31/h1-9,11,15-18,21-22H,10,12H2/b28-11-/t15-,16-,17-,18-,21-,22+/m0/s1. The molecule has 2 amide bonds. The predicted molar refractivity (Wildman–Crippen MR) is 127 cm³/mol. The summed E-state index contributed by atoms with van der Waals surface area (Å²) < 4.78 is 7.49. The van der Waals surface area contributed by atoms with Gasteiger partial charge < -0.3 is 4.74 Å². The van der Waals surface area contributed by atoms with Crippen LogP contribution in [0.1, 0.15) is 17.5 Å². The highest BCUT2D eigenvalue weighted by Crippen LogP contribution is 2.65. The molecule has 32 heavy (non-hydrogen) atoms. The van der Waals surface area contributed by atoms with Gasteiger partial charge in [-0.05, 0) is 85.2 Å². The van der Waals surface area contributed by atoms with E-state index in [9.17, 15) is 9.59 Å². The first-order valence-electron chi connectivity index (χ1n) is 10.8. The Morgan fingerprint density at radius 1 is 0.969 bits per heavy atom. The van der Waals surface area contributed by atoms with Gasteiger partial charge in [0.2, 0.25) is 0 Å². The van der Waals surface area contributed by atoms with E-state index in [1.165, 1.54) is 0 Å². The molecule has 6 atom stereocenters. The van der Waals surface area contributed by atoms with Gasteiger partial charge in [-0.2, -0.15) is 10.1 Å². The van der Waals surface area contributed by atoms with Crippen LogP contribution < -0.4 is 4.74 Å². The van der Waals surface area contributed by atoms with E-state index in [1.54, 1.807) is 6.21 Å². The first-order valence-corrected chi connectivity index (χ1v) is 12.4. The van der Waals surface area contributed by atoms with Crippen LogP contribution in [0.5, 0.6) is 5.75 Å². The minimum atomic E-state index is -0.231.